The third-order valence-corrected chi connectivity index (χ3v) is 6.46. The van der Waals surface area contributed by atoms with E-state index < -0.39 is 24.0 Å². The predicted octanol–water partition coefficient (Wildman–Crippen LogP) is 5.29. The quantitative estimate of drug-likeness (QED) is 0.327. The summed E-state index contributed by atoms with van der Waals surface area (Å²) >= 11 is 0. The first-order valence-corrected chi connectivity index (χ1v) is 12.4. The number of fused-ring (bicyclic) bond motifs is 1. The number of para-hydroxylation sites is 1. The summed E-state index contributed by atoms with van der Waals surface area (Å²) in [5, 5.41) is 13.0. The van der Waals surface area contributed by atoms with Crippen LogP contribution in [0.25, 0.3) is 22.0 Å². The summed E-state index contributed by atoms with van der Waals surface area (Å²) in [6.45, 7) is 5.96. The molecule has 190 valence electrons. The fourth-order valence-corrected chi connectivity index (χ4v) is 4.61. The molecular weight excluding hydrogens is 466 g/mol. The average molecular weight is 498 g/mol. The van der Waals surface area contributed by atoms with Crippen molar-refractivity contribution >= 4 is 22.8 Å². The lowest BCUT2D eigenvalue weighted by atomic mass is 9.95. The third kappa shape index (κ3) is 5.94. The first-order chi connectivity index (χ1) is 17.7. The molecule has 2 N–H and O–H groups in total. The smallest absolute Gasteiger partial charge is 0.305 e. The van der Waals surface area contributed by atoms with Crippen LogP contribution in [-0.4, -0.2) is 26.5 Å². The molecule has 0 aliphatic carbocycles. The van der Waals surface area contributed by atoms with Crippen molar-refractivity contribution in [3.8, 4) is 11.1 Å². The zero-order chi connectivity index (χ0) is 26.5. The molecule has 7 nitrogen and oxygen atoms in total. The Labute approximate surface area is 215 Å². The van der Waals surface area contributed by atoms with Crippen LogP contribution in [0.5, 0.6) is 0 Å². The Morgan fingerprint density at radius 2 is 1.73 bits per heavy atom. The molecule has 0 spiro atoms. The SMILES string of the molecule is Cc1ccccc1-c1cccc([C@H](CC(=O)O)NC(=O)[C@H](CC(C)C)n2cnc3ccccc3c2=O)c1. The fraction of sp³-hybridized carbons (Fsp3) is 0.267. The highest BCUT2D eigenvalue weighted by atomic mass is 16.4. The number of carboxylic acids is 1. The van der Waals surface area contributed by atoms with Gasteiger partial charge in [0.1, 0.15) is 6.04 Å². The van der Waals surface area contributed by atoms with Gasteiger partial charge < -0.3 is 10.4 Å². The zero-order valence-electron chi connectivity index (χ0n) is 21.2. The van der Waals surface area contributed by atoms with Crippen molar-refractivity contribution in [2.45, 2.75) is 45.7 Å². The summed E-state index contributed by atoms with van der Waals surface area (Å²) in [7, 11) is 0. The molecule has 0 fully saturated rings. The third-order valence-electron chi connectivity index (χ3n) is 6.46. The van der Waals surface area contributed by atoms with Gasteiger partial charge in [0.05, 0.1) is 29.7 Å². The lowest BCUT2D eigenvalue weighted by Crippen LogP contribution is -2.40. The van der Waals surface area contributed by atoms with Crippen molar-refractivity contribution in [1.29, 1.82) is 0 Å². The average Bonchev–Trinajstić information content (AvgIpc) is 2.87. The number of nitrogens with one attached hydrogen (secondary N) is 1. The molecule has 0 saturated carbocycles. The van der Waals surface area contributed by atoms with Crippen LogP contribution in [-0.2, 0) is 9.59 Å². The van der Waals surface area contributed by atoms with Gasteiger partial charge in [0.15, 0.2) is 0 Å². The first-order valence-electron chi connectivity index (χ1n) is 12.4. The first kappa shape index (κ1) is 25.8. The number of benzene rings is 3. The van der Waals surface area contributed by atoms with Crippen LogP contribution in [0.2, 0.25) is 0 Å². The maximum atomic E-state index is 13.7. The van der Waals surface area contributed by atoms with Crippen molar-refractivity contribution in [3.63, 3.8) is 0 Å². The Morgan fingerprint density at radius 1 is 1.00 bits per heavy atom. The number of hydrogen-bond acceptors (Lipinski definition) is 4. The number of aryl methyl sites for hydroxylation is 1. The van der Waals surface area contributed by atoms with E-state index in [1.54, 1.807) is 24.3 Å². The maximum absolute atomic E-state index is 13.7. The molecule has 3 aromatic carbocycles. The van der Waals surface area contributed by atoms with Gasteiger partial charge in [-0.3, -0.25) is 19.0 Å². The second-order valence-electron chi connectivity index (χ2n) is 9.72. The predicted molar refractivity (Wildman–Crippen MR) is 144 cm³/mol. The maximum Gasteiger partial charge on any atom is 0.305 e. The number of carbonyl (C=O) groups is 2. The van der Waals surface area contributed by atoms with Crippen LogP contribution in [0.4, 0.5) is 0 Å². The standard InChI is InChI=1S/C30H31N3O4/c1-19(2)15-27(33-18-31-25-14-7-6-13-24(25)30(33)37)29(36)32-26(17-28(34)35)22-11-8-10-21(16-22)23-12-5-4-9-20(23)3/h4-14,16,18-19,26-27H,15,17H2,1-3H3,(H,32,36)(H,34,35)/t26-,27-/m0/s1. The zero-order valence-corrected chi connectivity index (χ0v) is 21.2. The topological polar surface area (TPSA) is 101 Å². The highest BCUT2D eigenvalue weighted by molar-refractivity contribution is 5.83. The van der Waals surface area contributed by atoms with Crippen molar-refractivity contribution in [2.24, 2.45) is 5.92 Å². The summed E-state index contributed by atoms with van der Waals surface area (Å²) in [6.07, 6.45) is 1.51. The largest absolute Gasteiger partial charge is 0.481 e. The van der Waals surface area contributed by atoms with Crippen LogP contribution in [0.15, 0.2) is 83.9 Å². The van der Waals surface area contributed by atoms with Gasteiger partial charge in [-0.1, -0.05) is 68.4 Å². The minimum absolute atomic E-state index is 0.108. The van der Waals surface area contributed by atoms with E-state index >= 15 is 0 Å². The van der Waals surface area contributed by atoms with Gasteiger partial charge in [-0.25, -0.2) is 4.98 Å². The summed E-state index contributed by atoms with van der Waals surface area (Å²) in [5.74, 6) is -1.34. The number of carbonyl (C=O) groups excluding carboxylic acids is 1. The number of nitrogens with zero attached hydrogens (tertiary/aromatic N) is 2. The Bertz CT molecular complexity index is 1490. The molecule has 0 aliphatic rings. The molecule has 7 heteroatoms. The van der Waals surface area contributed by atoms with Gasteiger partial charge in [-0.05, 0) is 59.7 Å². The van der Waals surface area contributed by atoms with Crippen molar-refractivity contribution in [1.82, 2.24) is 14.9 Å². The van der Waals surface area contributed by atoms with E-state index in [4.69, 9.17) is 0 Å². The van der Waals surface area contributed by atoms with E-state index in [0.717, 1.165) is 16.7 Å². The number of hydrogen-bond donors (Lipinski definition) is 2. The lowest BCUT2D eigenvalue weighted by molar-refractivity contribution is -0.138. The van der Waals surface area contributed by atoms with E-state index in [-0.39, 0.29) is 17.9 Å². The number of amides is 1. The van der Waals surface area contributed by atoms with Gasteiger partial charge in [0.25, 0.3) is 5.56 Å². The van der Waals surface area contributed by atoms with Crippen LogP contribution in [0.3, 0.4) is 0 Å². The van der Waals surface area contributed by atoms with Crippen molar-refractivity contribution in [2.75, 3.05) is 0 Å². The summed E-state index contributed by atoms with van der Waals surface area (Å²) < 4.78 is 1.36. The monoisotopic (exact) mass is 497 g/mol. The molecule has 0 bridgehead atoms. The molecule has 37 heavy (non-hydrogen) atoms. The summed E-state index contributed by atoms with van der Waals surface area (Å²) in [4.78, 5) is 43.1. The Hall–Kier alpha value is -4.26. The molecular formula is C30H31N3O4. The fourth-order valence-electron chi connectivity index (χ4n) is 4.61. The highest BCUT2D eigenvalue weighted by Gasteiger charge is 2.27. The summed E-state index contributed by atoms with van der Waals surface area (Å²) in [6, 6.07) is 20.9. The molecule has 1 amide bonds. The molecule has 0 unspecified atom stereocenters. The molecule has 0 radical (unpaired) electrons. The number of carboxylic acid groups (broad SMARTS) is 1. The second-order valence-corrected chi connectivity index (χ2v) is 9.72. The summed E-state index contributed by atoms with van der Waals surface area (Å²) in [5.41, 5.74) is 4.01. The van der Waals surface area contributed by atoms with E-state index in [0.29, 0.717) is 22.9 Å². The Balaban J connectivity index is 1.70. The van der Waals surface area contributed by atoms with Crippen molar-refractivity contribution < 1.29 is 14.7 Å². The van der Waals surface area contributed by atoms with Gasteiger partial charge in [0, 0.05) is 0 Å². The van der Waals surface area contributed by atoms with Crippen LogP contribution >= 0.6 is 0 Å². The lowest BCUT2D eigenvalue weighted by Gasteiger charge is -2.25. The van der Waals surface area contributed by atoms with Crippen molar-refractivity contribution in [3.05, 3.63) is 101 Å². The highest BCUT2D eigenvalue weighted by Crippen LogP contribution is 2.28. The number of aliphatic carboxylic acids is 1. The molecule has 4 rings (SSSR count). The molecule has 2 atom stereocenters. The van der Waals surface area contributed by atoms with Crippen LogP contribution in [0, 0.1) is 12.8 Å². The molecule has 1 aromatic heterocycles. The molecule has 4 aromatic rings. The normalized spacial score (nSPS) is 12.9. The van der Waals surface area contributed by atoms with E-state index in [2.05, 4.69) is 10.3 Å². The van der Waals surface area contributed by atoms with Gasteiger partial charge in [0.2, 0.25) is 5.91 Å². The molecule has 1 heterocycles. The minimum atomic E-state index is -1.03. The Morgan fingerprint density at radius 3 is 2.46 bits per heavy atom. The van der Waals surface area contributed by atoms with Gasteiger partial charge in [-0.15, -0.1) is 0 Å². The van der Waals surface area contributed by atoms with E-state index in [9.17, 15) is 19.5 Å². The number of aromatic nitrogens is 2. The van der Waals surface area contributed by atoms with E-state index in [1.165, 1.54) is 10.9 Å². The van der Waals surface area contributed by atoms with E-state index in [1.807, 2.05) is 69.3 Å². The number of rotatable bonds is 9. The van der Waals surface area contributed by atoms with Crippen LogP contribution in [0.1, 0.15) is 49.9 Å². The molecule has 0 aliphatic heterocycles. The minimum Gasteiger partial charge on any atom is -0.481 e. The van der Waals surface area contributed by atoms with Crippen LogP contribution < -0.4 is 10.9 Å². The Kier molecular flexibility index (Phi) is 7.82. The van der Waals surface area contributed by atoms with Gasteiger partial charge >= 0.3 is 5.97 Å². The van der Waals surface area contributed by atoms with Gasteiger partial charge in [-0.2, -0.15) is 0 Å². The second kappa shape index (κ2) is 11.2. The molecule has 0 saturated heterocycles.